The van der Waals surface area contributed by atoms with E-state index in [9.17, 15) is 4.79 Å². The molecule has 1 aliphatic heterocycles. The summed E-state index contributed by atoms with van der Waals surface area (Å²) in [6, 6.07) is 18.7. The van der Waals surface area contributed by atoms with Crippen molar-refractivity contribution in [2.24, 2.45) is 0 Å². The van der Waals surface area contributed by atoms with Gasteiger partial charge in [-0.15, -0.1) is 11.3 Å². The molecular weight excluding hydrogens is 392 g/mol. The third-order valence-electron chi connectivity index (χ3n) is 5.64. The Labute approximate surface area is 182 Å². The van der Waals surface area contributed by atoms with Crippen LogP contribution in [-0.2, 0) is 6.54 Å². The molecule has 4 rings (SSSR count). The molecule has 0 radical (unpaired) electrons. The summed E-state index contributed by atoms with van der Waals surface area (Å²) in [5, 5.41) is 5.32. The molecule has 0 spiro atoms. The molecule has 0 aliphatic carbocycles. The topological polar surface area (TPSA) is 48.5 Å². The number of pyridine rings is 1. The second-order valence-electron chi connectivity index (χ2n) is 7.76. The molecule has 2 aromatic heterocycles. The SMILES string of the molecule is CC(NC(=O)c1cccnc1)C(c1cccs1)N1CCN(Cc2ccccc2)CC1. The lowest BCUT2D eigenvalue weighted by atomic mass is 10.0. The largest absolute Gasteiger partial charge is 0.348 e. The van der Waals surface area contributed by atoms with Gasteiger partial charge in [0.1, 0.15) is 0 Å². The number of carbonyl (C=O) groups is 1. The molecule has 30 heavy (non-hydrogen) atoms. The second kappa shape index (κ2) is 9.98. The molecule has 1 aliphatic rings. The van der Waals surface area contributed by atoms with Crippen molar-refractivity contribution in [3.05, 3.63) is 88.4 Å². The zero-order valence-corrected chi connectivity index (χ0v) is 18.1. The quantitative estimate of drug-likeness (QED) is 0.631. The van der Waals surface area contributed by atoms with Gasteiger partial charge < -0.3 is 5.32 Å². The molecule has 1 N–H and O–H groups in total. The third-order valence-corrected chi connectivity index (χ3v) is 6.58. The van der Waals surface area contributed by atoms with Gasteiger partial charge in [0.2, 0.25) is 0 Å². The standard InChI is InChI=1S/C24H28N4OS/c1-19(26-24(29)21-9-5-11-25-17-21)23(22-10-6-16-30-22)28-14-12-27(13-15-28)18-20-7-3-2-4-8-20/h2-11,16-17,19,23H,12-15,18H2,1H3,(H,26,29). The van der Waals surface area contributed by atoms with E-state index in [0.29, 0.717) is 5.56 Å². The number of aromatic nitrogens is 1. The Balaban J connectivity index is 1.41. The summed E-state index contributed by atoms with van der Waals surface area (Å²) in [5.74, 6) is -0.0696. The summed E-state index contributed by atoms with van der Waals surface area (Å²) < 4.78 is 0. The summed E-state index contributed by atoms with van der Waals surface area (Å²) in [6.07, 6.45) is 3.30. The number of thiophene rings is 1. The fourth-order valence-corrected chi connectivity index (χ4v) is 5.07. The van der Waals surface area contributed by atoms with Crippen LogP contribution in [0.2, 0.25) is 0 Å². The van der Waals surface area contributed by atoms with E-state index >= 15 is 0 Å². The molecule has 3 heterocycles. The summed E-state index contributed by atoms with van der Waals surface area (Å²) in [6.45, 7) is 7.13. The van der Waals surface area contributed by atoms with Crippen LogP contribution in [-0.4, -0.2) is 52.9 Å². The lowest BCUT2D eigenvalue weighted by molar-refractivity contribution is 0.0714. The maximum absolute atomic E-state index is 12.7. The number of carbonyl (C=O) groups excluding carboxylic acids is 1. The van der Waals surface area contributed by atoms with Crippen molar-refractivity contribution >= 4 is 17.2 Å². The highest BCUT2D eigenvalue weighted by Crippen LogP contribution is 2.29. The predicted molar refractivity (Wildman–Crippen MR) is 122 cm³/mol. The van der Waals surface area contributed by atoms with E-state index in [4.69, 9.17) is 0 Å². The van der Waals surface area contributed by atoms with Crippen molar-refractivity contribution in [3.63, 3.8) is 0 Å². The van der Waals surface area contributed by atoms with Gasteiger partial charge in [-0.2, -0.15) is 0 Å². The van der Waals surface area contributed by atoms with E-state index < -0.39 is 0 Å². The fraction of sp³-hybridized carbons (Fsp3) is 0.333. The summed E-state index contributed by atoms with van der Waals surface area (Å²) >= 11 is 1.76. The first-order valence-electron chi connectivity index (χ1n) is 10.5. The van der Waals surface area contributed by atoms with Crippen molar-refractivity contribution in [3.8, 4) is 0 Å². The van der Waals surface area contributed by atoms with Crippen LogP contribution in [0.15, 0.2) is 72.4 Å². The Kier molecular flexibility index (Phi) is 6.89. The van der Waals surface area contributed by atoms with E-state index in [1.165, 1.54) is 10.4 Å². The first-order valence-corrected chi connectivity index (χ1v) is 11.3. The van der Waals surface area contributed by atoms with Gasteiger partial charge in [-0.3, -0.25) is 19.6 Å². The lowest BCUT2D eigenvalue weighted by Gasteiger charge is -2.41. The third kappa shape index (κ3) is 5.14. The summed E-state index contributed by atoms with van der Waals surface area (Å²) in [5.41, 5.74) is 1.96. The Bertz CT molecular complexity index is 909. The maximum atomic E-state index is 12.7. The molecule has 2 atom stereocenters. The van der Waals surface area contributed by atoms with Gasteiger partial charge in [-0.25, -0.2) is 0 Å². The highest BCUT2D eigenvalue weighted by molar-refractivity contribution is 7.10. The van der Waals surface area contributed by atoms with E-state index in [0.717, 1.165) is 32.7 Å². The Morgan fingerprint density at radius 3 is 2.53 bits per heavy atom. The van der Waals surface area contributed by atoms with Crippen molar-refractivity contribution in [1.82, 2.24) is 20.1 Å². The van der Waals surface area contributed by atoms with Crippen LogP contribution in [0.4, 0.5) is 0 Å². The van der Waals surface area contributed by atoms with Crippen LogP contribution < -0.4 is 5.32 Å². The Morgan fingerprint density at radius 2 is 1.87 bits per heavy atom. The molecule has 5 nitrogen and oxygen atoms in total. The molecule has 0 bridgehead atoms. The van der Waals surface area contributed by atoms with Crippen molar-refractivity contribution in [1.29, 1.82) is 0 Å². The molecule has 3 aromatic rings. The van der Waals surface area contributed by atoms with Crippen LogP contribution >= 0.6 is 11.3 Å². The molecule has 1 saturated heterocycles. The van der Waals surface area contributed by atoms with E-state index in [1.807, 2.05) is 0 Å². The average Bonchev–Trinajstić information content (AvgIpc) is 3.31. The zero-order valence-electron chi connectivity index (χ0n) is 17.3. The van der Waals surface area contributed by atoms with Crippen molar-refractivity contribution in [2.45, 2.75) is 25.6 Å². The molecular formula is C24H28N4OS. The van der Waals surface area contributed by atoms with Gasteiger partial charge in [-0.05, 0) is 36.1 Å². The van der Waals surface area contributed by atoms with Gasteiger partial charge in [-0.1, -0.05) is 36.4 Å². The maximum Gasteiger partial charge on any atom is 0.253 e. The fourth-order valence-electron chi connectivity index (χ4n) is 4.11. The average molecular weight is 421 g/mol. The van der Waals surface area contributed by atoms with Gasteiger partial charge in [0.15, 0.2) is 0 Å². The minimum absolute atomic E-state index is 0.00275. The van der Waals surface area contributed by atoms with Crippen LogP contribution in [0.25, 0.3) is 0 Å². The van der Waals surface area contributed by atoms with E-state index in [2.05, 4.69) is 74.9 Å². The molecule has 1 aromatic carbocycles. The Hall–Kier alpha value is -2.54. The minimum atomic E-state index is -0.0696. The van der Waals surface area contributed by atoms with Crippen LogP contribution in [0.5, 0.6) is 0 Å². The highest BCUT2D eigenvalue weighted by Gasteiger charge is 2.31. The zero-order chi connectivity index (χ0) is 20.8. The highest BCUT2D eigenvalue weighted by atomic mass is 32.1. The first-order chi connectivity index (χ1) is 14.7. The van der Waals surface area contributed by atoms with Gasteiger partial charge in [0.25, 0.3) is 5.91 Å². The smallest absolute Gasteiger partial charge is 0.253 e. The number of nitrogens with one attached hydrogen (secondary N) is 1. The molecule has 1 fully saturated rings. The van der Waals surface area contributed by atoms with E-state index in [-0.39, 0.29) is 18.0 Å². The van der Waals surface area contributed by atoms with Crippen molar-refractivity contribution in [2.75, 3.05) is 26.2 Å². The first kappa shape index (κ1) is 20.7. The molecule has 0 saturated carbocycles. The molecule has 2 unspecified atom stereocenters. The number of nitrogens with zero attached hydrogens (tertiary/aromatic N) is 3. The Morgan fingerprint density at radius 1 is 1.07 bits per heavy atom. The molecule has 1 amide bonds. The number of hydrogen-bond donors (Lipinski definition) is 1. The van der Waals surface area contributed by atoms with E-state index in [1.54, 1.807) is 35.9 Å². The number of amides is 1. The monoisotopic (exact) mass is 420 g/mol. The molecule has 6 heteroatoms. The summed E-state index contributed by atoms with van der Waals surface area (Å²) in [7, 11) is 0. The normalized spacial score (nSPS) is 17.4. The van der Waals surface area contributed by atoms with Gasteiger partial charge >= 0.3 is 0 Å². The number of rotatable bonds is 7. The van der Waals surface area contributed by atoms with Crippen LogP contribution in [0.3, 0.4) is 0 Å². The second-order valence-corrected chi connectivity index (χ2v) is 8.74. The van der Waals surface area contributed by atoms with Gasteiger partial charge in [0, 0.05) is 56.0 Å². The summed E-state index contributed by atoms with van der Waals surface area (Å²) in [4.78, 5) is 23.1. The molecule has 156 valence electrons. The predicted octanol–water partition coefficient (Wildman–Crippen LogP) is 3.82. The lowest BCUT2D eigenvalue weighted by Crippen LogP contribution is -2.52. The van der Waals surface area contributed by atoms with Crippen LogP contribution in [0.1, 0.15) is 33.8 Å². The number of hydrogen-bond acceptors (Lipinski definition) is 5. The number of benzene rings is 1. The van der Waals surface area contributed by atoms with Crippen molar-refractivity contribution < 1.29 is 4.79 Å². The minimum Gasteiger partial charge on any atom is -0.348 e. The van der Waals surface area contributed by atoms with Gasteiger partial charge in [0.05, 0.1) is 11.6 Å². The number of piperazine rings is 1. The van der Waals surface area contributed by atoms with Crippen LogP contribution in [0, 0.1) is 0 Å².